The van der Waals surface area contributed by atoms with Crippen molar-refractivity contribution in [2.24, 2.45) is 5.73 Å². The van der Waals surface area contributed by atoms with Gasteiger partial charge in [-0.25, -0.2) is 9.97 Å². The summed E-state index contributed by atoms with van der Waals surface area (Å²) in [4.78, 5) is 20.6. The van der Waals surface area contributed by atoms with Gasteiger partial charge in [0.15, 0.2) is 11.5 Å². The van der Waals surface area contributed by atoms with E-state index in [4.69, 9.17) is 19.9 Å². The molecule has 0 aliphatic carbocycles. The molecule has 1 atom stereocenters. The molecule has 0 saturated carbocycles. The summed E-state index contributed by atoms with van der Waals surface area (Å²) in [6.07, 6.45) is -0.229. The number of halogens is 2. The average Bonchev–Trinajstić information content (AvgIpc) is 2.82. The van der Waals surface area contributed by atoms with Crippen molar-refractivity contribution in [3.05, 3.63) is 52.8 Å². The summed E-state index contributed by atoms with van der Waals surface area (Å²) in [6.45, 7) is 6.26. The van der Waals surface area contributed by atoms with E-state index in [1.165, 1.54) is 19.2 Å². The molecule has 1 aromatic heterocycles. The lowest BCUT2D eigenvalue weighted by atomic mass is 9.89. The Kier molecular flexibility index (Phi) is 8.73. The summed E-state index contributed by atoms with van der Waals surface area (Å²) in [7, 11) is 3.10. The van der Waals surface area contributed by atoms with E-state index in [1.54, 1.807) is 39.2 Å². The number of anilines is 1. The quantitative estimate of drug-likeness (QED) is 0.298. The van der Waals surface area contributed by atoms with E-state index in [-0.39, 0.29) is 6.42 Å². The van der Waals surface area contributed by atoms with E-state index in [2.05, 4.69) is 15.3 Å². The van der Waals surface area contributed by atoms with Crippen LogP contribution in [0.2, 0.25) is 0 Å². The average molecular weight is 533 g/mol. The SMILES string of the molecule is COCCOc1cc2c(NC(C)c3cc(CC(N)=O)cc(C(F)(F)C(C)(C)O)c3)nc(C)nc2cc1OC. The number of aromatic nitrogens is 2. The van der Waals surface area contributed by atoms with Gasteiger partial charge in [0.05, 0.1) is 25.7 Å². The number of methoxy groups -OCH3 is 2. The molecule has 0 aliphatic heterocycles. The van der Waals surface area contributed by atoms with Crippen molar-refractivity contribution in [2.45, 2.75) is 51.7 Å². The molecule has 206 valence electrons. The summed E-state index contributed by atoms with van der Waals surface area (Å²) >= 11 is 0. The predicted molar refractivity (Wildman–Crippen MR) is 140 cm³/mol. The van der Waals surface area contributed by atoms with Crippen LogP contribution in [0, 0.1) is 6.92 Å². The molecule has 0 radical (unpaired) electrons. The molecule has 0 aliphatic rings. The van der Waals surface area contributed by atoms with Crippen molar-refractivity contribution in [3.8, 4) is 11.5 Å². The van der Waals surface area contributed by atoms with Crippen molar-refractivity contribution in [2.75, 3.05) is 32.8 Å². The first-order chi connectivity index (χ1) is 17.8. The van der Waals surface area contributed by atoms with Crippen LogP contribution in [-0.2, 0) is 21.9 Å². The van der Waals surface area contributed by atoms with E-state index in [0.717, 1.165) is 13.8 Å². The number of carbonyl (C=O) groups excluding carboxylic acids is 1. The second-order valence-corrected chi connectivity index (χ2v) is 9.59. The van der Waals surface area contributed by atoms with E-state index < -0.39 is 29.0 Å². The van der Waals surface area contributed by atoms with Crippen LogP contribution in [0.5, 0.6) is 11.5 Å². The van der Waals surface area contributed by atoms with E-state index in [0.29, 0.717) is 58.4 Å². The lowest BCUT2D eigenvalue weighted by molar-refractivity contribution is -0.168. The van der Waals surface area contributed by atoms with Crippen molar-refractivity contribution in [1.82, 2.24) is 9.97 Å². The maximum Gasteiger partial charge on any atom is 0.300 e. The third-order valence-electron chi connectivity index (χ3n) is 6.02. The highest BCUT2D eigenvalue weighted by Gasteiger charge is 2.47. The van der Waals surface area contributed by atoms with Gasteiger partial charge in [0.1, 0.15) is 23.9 Å². The number of aryl methyl sites for hydroxylation is 1. The van der Waals surface area contributed by atoms with Gasteiger partial charge in [-0.15, -0.1) is 0 Å². The molecule has 3 rings (SSSR count). The van der Waals surface area contributed by atoms with Gasteiger partial charge < -0.3 is 30.4 Å². The summed E-state index contributed by atoms with van der Waals surface area (Å²) in [5, 5.41) is 14.0. The molecule has 2 aromatic carbocycles. The molecule has 38 heavy (non-hydrogen) atoms. The van der Waals surface area contributed by atoms with Crippen molar-refractivity contribution in [1.29, 1.82) is 0 Å². The molecule has 0 bridgehead atoms. The summed E-state index contributed by atoms with van der Waals surface area (Å²) in [5.74, 6) is -2.35. The number of nitrogens with one attached hydrogen (secondary N) is 1. The highest BCUT2D eigenvalue weighted by Crippen LogP contribution is 2.41. The second-order valence-electron chi connectivity index (χ2n) is 9.59. The lowest BCUT2D eigenvalue weighted by Gasteiger charge is -2.30. The molecule has 4 N–H and O–H groups in total. The van der Waals surface area contributed by atoms with Gasteiger partial charge in [-0.1, -0.05) is 6.07 Å². The normalized spacial score (nSPS) is 12.9. The molecule has 0 fully saturated rings. The molecule has 0 saturated heterocycles. The number of alkyl halides is 2. The number of fused-ring (bicyclic) bond motifs is 1. The number of hydrogen-bond acceptors (Lipinski definition) is 8. The van der Waals surface area contributed by atoms with Crippen molar-refractivity contribution >= 4 is 22.6 Å². The minimum atomic E-state index is -3.58. The number of aliphatic hydroxyl groups is 1. The van der Waals surface area contributed by atoms with Gasteiger partial charge >= 0.3 is 5.92 Å². The molecule has 0 spiro atoms. The monoisotopic (exact) mass is 532 g/mol. The Hall–Kier alpha value is -3.57. The van der Waals surface area contributed by atoms with Crippen LogP contribution >= 0.6 is 0 Å². The zero-order valence-corrected chi connectivity index (χ0v) is 22.4. The Morgan fingerprint density at radius 2 is 1.82 bits per heavy atom. The highest BCUT2D eigenvalue weighted by molar-refractivity contribution is 5.92. The van der Waals surface area contributed by atoms with Crippen molar-refractivity contribution in [3.63, 3.8) is 0 Å². The summed E-state index contributed by atoms with van der Waals surface area (Å²) in [6, 6.07) is 7.08. The number of nitrogens with two attached hydrogens (primary N) is 1. The van der Waals surface area contributed by atoms with Gasteiger partial charge in [0.2, 0.25) is 5.91 Å². The Morgan fingerprint density at radius 1 is 1.11 bits per heavy atom. The Balaban J connectivity index is 2.07. The van der Waals surface area contributed by atoms with Crippen molar-refractivity contribution < 1.29 is 32.9 Å². The topological polar surface area (TPSA) is 129 Å². The van der Waals surface area contributed by atoms with E-state index >= 15 is 8.78 Å². The zero-order chi connectivity index (χ0) is 28.3. The molecule has 1 unspecified atom stereocenters. The number of nitrogens with zero attached hydrogens (tertiary/aromatic N) is 2. The third kappa shape index (κ3) is 6.46. The number of hydrogen-bond donors (Lipinski definition) is 3. The third-order valence-corrected chi connectivity index (χ3v) is 6.02. The zero-order valence-electron chi connectivity index (χ0n) is 22.4. The molecule has 9 nitrogen and oxygen atoms in total. The Labute approximate surface area is 220 Å². The molecular formula is C27H34F2N4O5. The largest absolute Gasteiger partial charge is 0.493 e. The maximum absolute atomic E-state index is 15.1. The van der Waals surface area contributed by atoms with Crippen LogP contribution in [0.3, 0.4) is 0 Å². The maximum atomic E-state index is 15.1. The molecule has 1 heterocycles. The van der Waals surface area contributed by atoms with E-state index in [1.807, 2.05) is 0 Å². The molecule has 11 heteroatoms. The van der Waals surface area contributed by atoms with Crippen LogP contribution in [0.15, 0.2) is 30.3 Å². The first-order valence-corrected chi connectivity index (χ1v) is 12.0. The number of primary amides is 1. The first kappa shape index (κ1) is 29.0. The predicted octanol–water partition coefficient (Wildman–Crippen LogP) is 4.04. The first-order valence-electron chi connectivity index (χ1n) is 12.0. The highest BCUT2D eigenvalue weighted by atomic mass is 19.3. The van der Waals surface area contributed by atoms with Gasteiger partial charge in [-0.3, -0.25) is 4.79 Å². The second kappa shape index (κ2) is 11.4. The van der Waals surface area contributed by atoms with Crippen LogP contribution in [0.1, 0.15) is 49.3 Å². The Morgan fingerprint density at radius 3 is 2.42 bits per heavy atom. The summed E-state index contributed by atoms with van der Waals surface area (Å²) in [5.41, 5.74) is 3.95. The molecule has 3 aromatic rings. The van der Waals surface area contributed by atoms with Gasteiger partial charge in [0, 0.05) is 30.2 Å². The fraction of sp³-hybridized carbons (Fsp3) is 0.444. The minimum absolute atomic E-state index is 0.229. The van der Waals surface area contributed by atoms with Gasteiger partial charge in [0.25, 0.3) is 0 Å². The smallest absolute Gasteiger partial charge is 0.300 e. The lowest BCUT2D eigenvalue weighted by Crippen LogP contribution is -2.40. The molecular weight excluding hydrogens is 498 g/mol. The van der Waals surface area contributed by atoms with E-state index in [9.17, 15) is 9.90 Å². The van der Waals surface area contributed by atoms with Crippen LogP contribution in [0.25, 0.3) is 10.9 Å². The van der Waals surface area contributed by atoms with Crippen LogP contribution in [-0.4, -0.2) is 54.0 Å². The fourth-order valence-electron chi connectivity index (χ4n) is 3.96. The standard InChI is InChI=1S/C27H34F2N4O5/c1-15(18-9-17(11-24(30)34)10-19(12-18)27(28,29)26(3,4)35)31-25-20-13-23(38-8-7-36-5)22(37-6)14-21(20)32-16(2)33-25/h9-10,12-15,35H,7-8,11H2,1-6H3,(H2,30,34)(H,31,32,33). The van der Waals surface area contributed by atoms with Gasteiger partial charge in [-0.05, 0) is 57.0 Å². The molecule has 1 amide bonds. The van der Waals surface area contributed by atoms with Crippen LogP contribution < -0.4 is 20.5 Å². The minimum Gasteiger partial charge on any atom is -0.493 e. The number of amides is 1. The Bertz CT molecular complexity index is 1310. The number of ether oxygens (including phenoxy) is 3. The summed E-state index contributed by atoms with van der Waals surface area (Å²) < 4.78 is 46.5. The number of carbonyl (C=O) groups is 1. The van der Waals surface area contributed by atoms with Gasteiger partial charge in [-0.2, -0.15) is 8.78 Å². The number of rotatable bonds is 12. The fourth-order valence-corrected chi connectivity index (χ4v) is 3.96. The number of benzene rings is 2. The van der Waals surface area contributed by atoms with Crippen LogP contribution in [0.4, 0.5) is 14.6 Å².